The first kappa shape index (κ1) is 24.0. The number of benzene rings is 2. The third-order valence-corrected chi connectivity index (χ3v) is 6.86. The van der Waals surface area contributed by atoms with Gasteiger partial charge in [0.05, 0.1) is 26.8 Å². The Morgan fingerprint density at radius 1 is 1.06 bits per heavy atom. The van der Waals surface area contributed by atoms with Crippen LogP contribution in [0.5, 0.6) is 11.5 Å². The van der Waals surface area contributed by atoms with Crippen molar-refractivity contribution in [2.45, 2.75) is 58.3 Å². The molecule has 2 heterocycles. The molecule has 0 unspecified atom stereocenters. The quantitative estimate of drug-likeness (QED) is 0.361. The molecule has 0 amide bonds. The largest absolute Gasteiger partial charge is 0.497 e. The van der Waals surface area contributed by atoms with Crippen LogP contribution in [0.2, 0.25) is 0 Å². The molecule has 1 aliphatic rings. The first-order valence-corrected chi connectivity index (χ1v) is 12.5. The molecule has 2 aromatic carbocycles. The molecule has 4 aromatic rings. The number of pyridine rings is 1. The molecule has 1 aliphatic carbocycles. The number of nitrogens with one attached hydrogen (secondary N) is 1. The number of fused-ring (bicyclic) bond motifs is 1. The maximum atomic E-state index is 13.0. The molecule has 0 bridgehead atoms. The Bertz CT molecular complexity index is 1360. The summed E-state index contributed by atoms with van der Waals surface area (Å²) in [5.74, 6) is 2.40. The van der Waals surface area contributed by atoms with E-state index in [2.05, 4.69) is 25.4 Å². The van der Waals surface area contributed by atoms with Crippen molar-refractivity contribution in [1.82, 2.24) is 30.1 Å². The lowest BCUT2D eigenvalue weighted by atomic mass is 10.1. The Kier molecular flexibility index (Phi) is 7.27. The maximum absolute atomic E-state index is 13.0. The number of aromatic nitrogens is 5. The molecule has 1 fully saturated rings. The minimum absolute atomic E-state index is 0.0625. The van der Waals surface area contributed by atoms with Gasteiger partial charge in [-0.2, -0.15) is 0 Å². The zero-order valence-corrected chi connectivity index (χ0v) is 20.8. The van der Waals surface area contributed by atoms with E-state index in [0.29, 0.717) is 32.3 Å². The fourth-order valence-electron chi connectivity index (χ4n) is 4.95. The SMILES string of the molecule is CCOc1ccc2[nH]c(=O)c(CN(Cc3nnnn3Cc3ccc(OC)cc3)C3CCCC3)cc2c1. The standard InChI is InChI=1S/C27H32N6O3/c1-3-36-24-12-13-25-20(15-24)14-21(27(34)28-25)17-32(22-6-4-5-7-22)18-26-29-30-31-33(26)16-19-8-10-23(35-2)11-9-19/h8-15,22H,3-7,16-18H2,1-2H3,(H,28,34). The van der Waals surface area contributed by atoms with Crippen molar-refractivity contribution in [3.05, 3.63) is 75.8 Å². The summed E-state index contributed by atoms with van der Waals surface area (Å²) < 4.78 is 12.8. The van der Waals surface area contributed by atoms with Crippen molar-refractivity contribution >= 4 is 10.9 Å². The summed E-state index contributed by atoms with van der Waals surface area (Å²) in [6, 6.07) is 16.0. The first-order valence-electron chi connectivity index (χ1n) is 12.5. The van der Waals surface area contributed by atoms with Crippen LogP contribution in [-0.2, 0) is 19.6 Å². The van der Waals surface area contributed by atoms with E-state index in [0.717, 1.165) is 52.2 Å². The summed E-state index contributed by atoms with van der Waals surface area (Å²) in [5, 5.41) is 13.5. The number of methoxy groups -OCH3 is 1. The van der Waals surface area contributed by atoms with Crippen LogP contribution in [0, 0.1) is 0 Å². The number of nitrogens with zero attached hydrogens (tertiary/aromatic N) is 5. The number of aromatic amines is 1. The fraction of sp³-hybridized carbons (Fsp3) is 0.407. The Hall–Kier alpha value is -3.72. The van der Waals surface area contributed by atoms with Crippen LogP contribution in [0.25, 0.3) is 10.9 Å². The molecular formula is C27H32N6O3. The van der Waals surface area contributed by atoms with Gasteiger partial charge in [-0.25, -0.2) is 4.68 Å². The highest BCUT2D eigenvalue weighted by molar-refractivity contribution is 5.80. The summed E-state index contributed by atoms with van der Waals surface area (Å²) >= 11 is 0. The fourth-order valence-corrected chi connectivity index (χ4v) is 4.95. The molecule has 1 N–H and O–H groups in total. The molecular weight excluding hydrogens is 456 g/mol. The van der Waals surface area contributed by atoms with E-state index in [-0.39, 0.29) is 5.56 Å². The molecule has 188 valence electrons. The van der Waals surface area contributed by atoms with Crippen molar-refractivity contribution in [3.8, 4) is 11.5 Å². The van der Waals surface area contributed by atoms with Gasteiger partial charge in [-0.1, -0.05) is 25.0 Å². The van der Waals surface area contributed by atoms with E-state index < -0.39 is 0 Å². The minimum Gasteiger partial charge on any atom is -0.497 e. The Balaban J connectivity index is 1.39. The van der Waals surface area contributed by atoms with Gasteiger partial charge in [0.25, 0.3) is 5.56 Å². The van der Waals surface area contributed by atoms with Crippen molar-refractivity contribution in [2.75, 3.05) is 13.7 Å². The second kappa shape index (κ2) is 10.9. The average molecular weight is 489 g/mol. The molecule has 9 nitrogen and oxygen atoms in total. The van der Waals surface area contributed by atoms with Gasteiger partial charge in [0, 0.05) is 29.1 Å². The predicted octanol–water partition coefficient (Wildman–Crippen LogP) is 3.92. The van der Waals surface area contributed by atoms with Crippen molar-refractivity contribution in [3.63, 3.8) is 0 Å². The average Bonchev–Trinajstić information content (AvgIpc) is 3.58. The lowest BCUT2D eigenvalue weighted by Gasteiger charge is -2.28. The highest BCUT2D eigenvalue weighted by atomic mass is 16.5. The van der Waals surface area contributed by atoms with Crippen molar-refractivity contribution in [2.24, 2.45) is 0 Å². The van der Waals surface area contributed by atoms with Gasteiger partial charge < -0.3 is 14.5 Å². The highest BCUT2D eigenvalue weighted by Gasteiger charge is 2.25. The second-order valence-corrected chi connectivity index (χ2v) is 9.25. The van der Waals surface area contributed by atoms with Gasteiger partial charge in [-0.15, -0.1) is 5.10 Å². The number of hydrogen-bond donors (Lipinski definition) is 1. The van der Waals surface area contributed by atoms with E-state index >= 15 is 0 Å². The Morgan fingerprint density at radius 3 is 2.58 bits per heavy atom. The molecule has 0 spiro atoms. The normalized spacial score (nSPS) is 14.1. The van der Waals surface area contributed by atoms with Crippen LogP contribution in [0.15, 0.2) is 53.3 Å². The van der Waals surface area contributed by atoms with Gasteiger partial charge in [0.2, 0.25) is 0 Å². The maximum Gasteiger partial charge on any atom is 0.252 e. The molecule has 0 atom stereocenters. The summed E-state index contributed by atoms with van der Waals surface area (Å²) in [7, 11) is 1.66. The summed E-state index contributed by atoms with van der Waals surface area (Å²) in [4.78, 5) is 18.4. The van der Waals surface area contributed by atoms with Crippen LogP contribution in [0.4, 0.5) is 0 Å². The zero-order valence-electron chi connectivity index (χ0n) is 20.8. The van der Waals surface area contributed by atoms with Gasteiger partial charge in [0.15, 0.2) is 5.82 Å². The smallest absolute Gasteiger partial charge is 0.252 e. The van der Waals surface area contributed by atoms with Crippen molar-refractivity contribution in [1.29, 1.82) is 0 Å². The van der Waals surface area contributed by atoms with E-state index in [1.807, 2.05) is 60.1 Å². The monoisotopic (exact) mass is 488 g/mol. The molecule has 1 saturated carbocycles. The lowest BCUT2D eigenvalue weighted by Crippen LogP contribution is -2.35. The molecule has 0 radical (unpaired) electrons. The number of H-pyrrole nitrogens is 1. The van der Waals surface area contributed by atoms with E-state index in [1.54, 1.807) is 7.11 Å². The summed E-state index contributed by atoms with van der Waals surface area (Å²) in [6.45, 7) is 4.24. The lowest BCUT2D eigenvalue weighted by molar-refractivity contribution is 0.172. The Labute approximate surface area is 210 Å². The van der Waals surface area contributed by atoms with Gasteiger partial charge in [0.1, 0.15) is 11.5 Å². The molecule has 9 heteroatoms. The Morgan fingerprint density at radius 2 is 1.83 bits per heavy atom. The van der Waals surface area contributed by atoms with E-state index in [4.69, 9.17) is 9.47 Å². The van der Waals surface area contributed by atoms with Gasteiger partial charge >= 0.3 is 0 Å². The van der Waals surface area contributed by atoms with Crippen LogP contribution >= 0.6 is 0 Å². The van der Waals surface area contributed by atoms with Gasteiger partial charge in [-0.05, 0) is 72.2 Å². The number of hydrogen-bond acceptors (Lipinski definition) is 7. The second-order valence-electron chi connectivity index (χ2n) is 9.25. The number of rotatable bonds is 10. The third-order valence-electron chi connectivity index (χ3n) is 6.86. The van der Waals surface area contributed by atoms with Crippen LogP contribution in [-0.4, -0.2) is 49.8 Å². The predicted molar refractivity (Wildman–Crippen MR) is 137 cm³/mol. The van der Waals surface area contributed by atoms with Crippen LogP contribution in [0.3, 0.4) is 0 Å². The number of tetrazole rings is 1. The summed E-state index contributed by atoms with van der Waals surface area (Å²) in [5.41, 5.74) is 2.57. The van der Waals surface area contributed by atoms with E-state index in [9.17, 15) is 4.79 Å². The highest BCUT2D eigenvalue weighted by Crippen LogP contribution is 2.27. The number of ether oxygens (including phenoxy) is 2. The minimum atomic E-state index is -0.0625. The van der Waals surface area contributed by atoms with Crippen molar-refractivity contribution < 1.29 is 9.47 Å². The third kappa shape index (κ3) is 5.41. The first-order chi connectivity index (χ1) is 17.6. The molecule has 0 saturated heterocycles. The molecule has 36 heavy (non-hydrogen) atoms. The van der Waals surface area contributed by atoms with Crippen LogP contribution < -0.4 is 15.0 Å². The van der Waals surface area contributed by atoms with E-state index in [1.165, 1.54) is 12.8 Å². The topological polar surface area (TPSA) is 98.2 Å². The van der Waals surface area contributed by atoms with Gasteiger partial charge in [-0.3, -0.25) is 9.69 Å². The molecule has 2 aromatic heterocycles. The summed E-state index contributed by atoms with van der Waals surface area (Å²) in [6.07, 6.45) is 4.62. The molecule has 5 rings (SSSR count). The zero-order chi connectivity index (χ0) is 24.9. The molecule has 0 aliphatic heterocycles. The van der Waals surface area contributed by atoms with Crippen LogP contribution in [0.1, 0.15) is 49.6 Å².